The molecule has 0 aromatic heterocycles. The molecule has 0 unspecified atom stereocenters. The van der Waals surface area contributed by atoms with Crippen molar-refractivity contribution in [1.29, 1.82) is 0 Å². The number of esters is 1. The average Bonchev–Trinajstić information content (AvgIpc) is 2.65. The Kier molecular flexibility index (Phi) is 7.02. The van der Waals surface area contributed by atoms with Gasteiger partial charge >= 0.3 is 5.97 Å². The Hall–Kier alpha value is -2.87. The summed E-state index contributed by atoms with van der Waals surface area (Å²) in [5, 5.41) is 0. The molecule has 2 rings (SSSR count). The fraction of sp³-hybridized carbons (Fsp3) is 0.333. The molecular formula is C21H26N2O5S. The zero-order valence-electron chi connectivity index (χ0n) is 17.3. The summed E-state index contributed by atoms with van der Waals surface area (Å²) < 4.78 is 28.5. The Morgan fingerprint density at radius 1 is 1.00 bits per heavy atom. The number of carbonyl (C=O) groups excluding carboxylic acids is 2. The van der Waals surface area contributed by atoms with E-state index in [1.54, 1.807) is 14.0 Å². The van der Waals surface area contributed by atoms with E-state index in [1.165, 1.54) is 23.1 Å². The lowest BCUT2D eigenvalue weighted by Crippen LogP contribution is -2.31. The van der Waals surface area contributed by atoms with Crippen LogP contribution in [-0.4, -0.2) is 59.2 Å². The summed E-state index contributed by atoms with van der Waals surface area (Å²) in [6.07, 6.45) is 1.07. The molecule has 0 heterocycles. The molecule has 0 radical (unpaired) electrons. The molecule has 2 aromatic carbocycles. The first-order valence-corrected chi connectivity index (χ1v) is 10.9. The van der Waals surface area contributed by atoms with Gasteiger partial charge in [0.2, 0.25) is 0 Å². The average molecular weight is 419 g/mol. The maximum absolute atomic E-state index is 12.3. The number of rotatable bonds is 7. The molecule has 0 aliphatic heterocycles. The van der Waals surface area contributed by atoms with Gasteiger partial charge in [-0.2, -0.15) is 0 Å². The molecule has 0 aliphatic rings. The predicted octanol–water partition coefficient (Wildman–Crippen LogP) is 2.28. The molecule has 0 saturated carbocycles. The highest BCUT2D eigenvalue weighted by Gasteiger charge is 2.18. The summed E-state index contributed by atoms with van der Waals surface area (Å²) >= 11 is 0. The first kappa shape index (κ1) is 22.4. The summed E-state index contributed by atoms with van der Waals surface area (Å²) in [7, 11) is 2.08. The van der Waals surface area contributed by atoms with Crippen molar-refractivity contribution in [3.63, 3.8) is 0 Å². The van der Waals surface area contributed by atoms with E-state index >= 15 is 0 Å². The summed E-state index contributed by atoms with van der Waals surface area (Å²) in [6.45, 7) is 1.63. The lowest BCUT2D eigenvalue weighted by molar-refractivity contribution is -0.133. The fourth-order valence-corrected chi connectivity index (χ4v) is 3.28. The molecular weight excluding hydrogens is 392 g/mol. The third kappa shape index (κ3) is 6.05. The van der Waals surface area contributed by atoms with Crippen LogP contribution in [0.1, 0.15) is 21.5 Å². The van der Waals surface area contributed by atoms with Gasteiger partial charge in [0, 0.05) is 39.6 Å². The number of ether oxygens (including phenoxy) is 1. The number of nitrogens with zero attached hydrogens (tertiary/aromatic N) is 2. The quantitative estimate of drug-likeness (QED) is 0.642. The summed E-state index contributed by atoms with van der Waals surface area (Å²) in [6, 6.07) is 12.0. The normalized spacial score (nSPS) is 11.1. The second kappa shape index (κ2) is 9.09. The van der Waals surface area contributed by atoms with Gasteiger partial charge in [-0.15, -0.1) is 0 Å². The zero-order valence-corrected chi connectivity index (χ0v) is 18.1. The second-order valence-electron chi connectivity index (χ2n) is 7.14. The van der Waals surface area contributed by atoms with Gasteiger partial charge in [-0.25, -0.2) is 13.2 Å². The first-order valence-electron chi connectivity index (χ1n) is 8.97. The Balaban J connectivity index is 1.98. The number of sulfone groups is 1. The van der Waals surface area contributed by atoms with Crippen LogP contribution in [0.25, 0.3) is 0 Å². The van der Waals surface area contributed by atoms with Crippen molar-refractivity contribution >= 4 is 27.4 Å². The van der Waals surface area contributed by atoms with E-state index < -0.39 is 22.4 Å². The van der Waals surface area contributed by atoms with Gasteiger partial charge in [0.05, 0.1) is 10.5 Å². The number of hydrogen-bond acceptors (Lipinski definition) is 6. The Morgan fingerprint density at radius 2 is 1.62 bits per heavy atom. The summed E-state index contributed by atoms with van der Waals surface area (Å²) in [5.41, 5.74) is 2.71. The monoisotopic (exact) mass is 418 g/mol. The smallest absolute Gasteiger partial charge is 0.338 e. The van der Waals surface area contributed by atoms with E-state index in [2.05, 4.69) is 0 Å². The lowest BCUT2D eigenvalue weighted by Gasteiger charge is -2.18. The van der Waals surface area contributed by atoms with Crippen molar-refractivity contribution < 1.29 is 22.7 Å². The van der Waals surface area contributed by atoms with Crippen molar-refractivity contribution in [3.05, 3.63) is 59.2 Å². The molecule has 0 aliphatic carbocycles. The van der Waals surface area contributed by atoms with E-state index in [9.17, 15) is 18.0 Å². The molecule has 156 valence electrons. The third-order valence-electron chi connectivity index (χ3n) is 4.48. The number of amides is 1. The minimum Gasteiger partial charge on any atom is -0.452 e. The number of aryl methyl sites for hydroxylation is 1. The van der Waals surface area contributed by atoms with Crippen LogP contribution in [0.15, 0.2) is 47.4 Å². The third-order valence-corrected chi connectivity index (χ3v) is 5.59. The number of likely N-dealkylation sites (N-methyl/N-ethyl adjacent to an activating group) is 1. The molecule has 2 aromatic rings. The molecule has 29 heavy (non-hydrogen) atoms. The molecule has 0 N–H and O–H groups in total. The van der Waals surface area contributed by atoms with Crippen LogP contribution in [0.5, 0.6) is 0 Å². The second-order valence-corrected chi connectivity index (χ2v) is 9.15. The van der Waals surface area contributed by atoms with Crippen molar-refractivity contribution in [3.8, 4) is 0 Å². The molecule has 1 amide bonds. The highest BCUT2D eigenvalue weighted by atomic mass is 32.2. The Bertz CT molecular complexity index is 998. The van der Waals surface area contributed by atoms with Crippen LogP contribution in [0.4, 0.5) is 5.69 Å². The molecule has 0 saturated heterocycles. The maximum Gasteiger partial charge on any atom is 0.338 e. The van der Waals surface area contributed by atoms with Gasteiger partial charge in [-0.05, 0) is 42.3 Å². The standard InChI is InChI=1S/C21H26N2O5S/c1-15-6-11-18(29(5,26)27)12-19(15)21(25)28-14-20(24)23(4)13-16-7-9-17(10-8-16)22(2)3/h6-12H,13-14H2,1-5H3. The largest absolute Gasteiger partial charge is 0.452 e. The Morgan fingerprint density at radius 3 is 2.17 bits per heavy atom. The number of anilines is 1. The van der Waals surface area contributed by atoms with Crippen LogP contribution >= 0.6 is 0 Å². The van der Waals surface area contributed by atoms with Crippen LogP contribution in [0.2, 0.25) is 0 Å². The van der Waals surface area contributed by atoms with Gasteiger partial charge < -0.3 is 14.5 Å². The molecule has 0 spiro atoms. The van der Waals surface area contributed by atoms with E-state index in [0.717, 1.165) is 17.5 Å². The van der Waals surface area contributed by atoms with Gasteiger partial charge in [0.15, 0.2) is 16.4 Å². The van der Waals surface area contributed by atoms with E-state index in [0.29, 0.717) is 12.1 Å². The zero-order chi connectivity index (χ0) is 21.8. The van der Waals surface area contributed by atoms with Crippen molar-refractivity contribution in [2.24, 2.45) is 0 Å². The highest BCUT2D eigenvalue weighted by molar-refractivity contribution is 7.90. The van der Waals surface area contributed by atoms with Gasteiger partial charge in [0.1, 0.15) is 0 Å². The molecule has 0 fully saturated rings. The predicted molar refractivity (Wildman–Crippen MR) is 112 cm³/mol. The Labute approximate surface area is 171 Å². The minimum absolute atomic E-state index is 0.0275. The van der Waals surface area contributed by atoms with E-state index in [4.69, 9.17) is 4.74 Å². The van der Waals surface area contributed by atoms with Crippen molar-refractivity contribution in [2.75, 3.05) is 38.9 Å². The van der Waals surface area contributed by atoms with Crippen molar-refractivity contribution in [1.82, 2.24) is 4.90 Å². The summed E-state index contributed by atoms with van der Waals surface area (Å²) in [5.74, 6) is -1.09. The van der Waals surface area contributed by atoms with E-state index in [-0.39, 0.29) is 16.4 Å². The highest BCUT2D eigenvalue weighted by Crippen LogP contribution is 2.17. The molecule has 7 nitrogen and oxygen atoms in total. The van der Waals surface area contributed by atoms with Crippen LogP contribution in [0, 0.1) is 6.92 Å². The van der Waals surface area contributed by atoms with Gasteiger partial charge in [0.25, 0.3) is 5.91 Å². The number of hydrogen-bond donors (Lipinski definition) is 0. The minimum atomic E-state index is -3.45. The number of benzene rings is 2. The van der Waals surface area contributed by atoms with Gasteiger partial charge in [-0.1, -0.05) is 18.2 Å². The number of carbonyl (C=O) groups is 2. The van der Waals surface area contributed by atoms with Gasteiger partial charge in [-0.3, -0.25) is 4.79 Å². The molecule has 0 bridgehead atoms. The maximum atomic E-state index is 12.3. The molecule has 0 atom stereocenters. The SMILES string of the molecule is Cc1ccc(S(C)(=O)=O)cc1C(=O)OCC(=O)N(C)Cc1ccc(N(C)C)cc1. The topological polar surface area (TPSA) is 84.0 Å². The van der Waals surface area contributed by atoms with Crippen LogP contribution in [-0.2, 0) is 25.9 Å². The van der Waals surface area contributed by atoms with Crippen molar-refractivity contribution in [2.45, 2.75) is 18.4 Å². The molecule has 8 heteroatoms. The lowest BCUT2D eigenvalue weighted by atomic mass is 10.1. The van der Waals surface area contributed by atoms with Crippen LogP contribution in [0.3, 0.4) is 0 Å². The van der Waals surface area contributed by atoms with E-state index in [1.807, 2.05) is 43.3 Å². The fourth-order valence-electron chi connectivity index (χ4n) is 2.63. The van der Waals surface area contributed by atoms with Crippen LogP contribution < -0.4 is 4.90 Å². The first-order chi connectivity index (χ1) is 13.5. The summed E-state index contributed by atoms with van der Waals surface area (Å²) in [4.78, 5) is 28.1.